The second-order valence-electron chi connectivity index (χ2n) is 6.69. The molecule has 110 valence electrons. The van der Waals surface area contributed by atoms with Gasteiger partial charge in [0.25, 0.3) is 0 Å². The van der Waals surface area contributed by atoms with Gasteiger partial charge in [-0.15, -0.1) is 0 Å². The van der Waals surface area contributed by atoms with Crippen LogP contribution in [0.15, 0.2) is 18.2 Å². The van der Waals surface area contributed by atoms with Crippen molar-refractivity contribution in [3.05, 3.63) is 34.3 Å². The van der Waals surface area contributed by atoms with Gasteiger partial charge in [0.15, 0.2) is 0 Å². The molecule has 0 saturated heterocycles. The van der Waals surface area contributed by atoms with Gasteiger partial charge in [0.05, 0.1) is 0 Å². The van der Waals surface area contributed by atoms with Crippen LogP contribution < -0.4 is 0 Å². The molecule has 0 spiro atoms. The lowest BCUT2D eigenvalue weighted by Crippen LogP contribution is -2.20. The Morgan fingerprint density at radius 1 is 1.35 bits per heavy atom. The first kappa shape index (κ1) is 15.4. The molecular weight excluding hydrogens is 272 g/mol. The predicted molar refractivity (Wildman–Crippen MR) is 82.4 cm³/mol. The third kappa shape index (κ3) is 3.99. The fraction of sp³-hybridized carbons (Fsp3) is 0.588. The van der Waals surface area contributed by atoms with Gasteiger partial charge >= 0.3 is 5.97 Å². The van der Waals surface area contributed by atoms with Gasteiger partial charge in [0, 0.05) is 11.4 Å². The molecule has 0 aromatic heterocycles. The molecule has 0 heterocycles. The molecule has 20 heavy (non-hydrogen) atoms. The third-order valence-corrected chi connectivity index (χ3v) is 4.80. The SMILES string of the molecule is CC1(C)CCC(c2ccc(CCC(=O)O)cc2Cl)CC1. The number of halogens is 1. The van der Waals surface area contributed by atoms with Crippen LogP contribution in [0.25, 0.3) is 0 Å². The molecule has 1 N–H and O–H groups in total. The van der Waals surface area contributed by atoms with E-state index >= 15 is 0 Å². The Morgan fingerprint density at radius 3 is 2.55 bits per heavy atom. The summed E-state index contributed by atoms with van der Waals surface area (Å²) in [7, 11) is 0. The number of carboxylic acid groups (broad SMARTS) is 1. The van der Waals surface area contributed by atoms with Crippen molar-refractivity contribution in [2.75, 3.05) is 0 Å². The van der Waals surface area contributed by atoms with Crippen molar-refractivity contribution < 1.29 is 9.90 Å². The molecule has 2 rings (SSSR count). The summed E-state index contributed by atoms with van der Waals surface area (Å²) < 4.78 is 0. The van der Waals surface area contributed by atoms with Gasteiger partial charge in [0.2, 0.25) is 0 Å². The van der Waals surface area contributed by atoms with Crippen LogP contribution in [0, 0.1) is 5.41 Å². The Kier molecular flexibility index (Phi) is 4.74. The molecule has 1 aliphatic carbocycles. The van der Waals surface area contributed by atoms with Crippen molar-refractivity contribution in [3.8, 4) is 0 Å². The van der Waals surface area contributed by atoms with Crippen molar-refractivity contribution >= 4 is 17.6 Å². The van der Waals surface area contributed by atoms with E-state index in [1.54, 1.807) is 0 Å². The number of aliphatic carboxylic acids is 1. The summed E-state index contributed by atoms with van der Waals surface area (Å²) in [5, 5.41) is 9.52. The molecule has 1 saturated carbocycles. The largest absolute Gasteiger partial charge is 0.481 e. The minimum Gasteiger partial charge on any atom is -0.481 e. The van der Waals surface area contributed by atoms with Gasteiger partial charge in [-0.1, -0.05) is 37.6 Å². The topological polar surface area (TPSA) is 37.3 Å². The van der Waals surface area contributed by atoms with Crippen LogP contribution in [0.1, 0.15) is 63.0 Å². The Hall–Kier alpha value is -1.02. The average Bonchev–Trinajstić information content (AvgIpc) is 2.37. The fourth-order valence-corrected chi connectivity index (χ4v) is 3.38. The summed E-state index contributed by atoms with van der Waals surface area (Å²) in [6, 6.07) is 6.08. The maximum atomic E-state index is 10.6. The van der Waals surface area contributed by atoms with E-state index in [9.17, 15) is 4.79 Å². The summed E-state index contributed by atoms with van der Waals surface area (Å²) in [5.74, 6) is -0.205. The molecule has 1 fully saturated rings. The number of benzene rings is 1. The van der Waals surface area contributed by atoms with Gasteiger partial charge in [-0.05, 0) is 60.6 Å². The Balaban J connectivity index is 2.04. The second-order valence-corrected chi connectivity index (χ2v) is 7.10. The van der Waals surface area contributed by atoms with Gasteiger partial charge in [-0.3, -0.25) is 4.79 Å². The summed E-state index contributed by atoms with van der Waals surface area (Å²) >= 11 is 6.40. The zero-order chi connectivity index (χ0) is 14.8. The third-order valence-electron chi connectivity index (χ3n) is 4.47. The van der Waals surface area contributed by atoms with Crippen molar-refractivity contribution in [1.29, 1.82) is 0 Å². The number of carboxylic acids is 1. The molecule has 0 aliphatic heterocycles. The summed E-state index contributed by atoms with van der Waals surface area (Å²) in [4.78, 5) is 10.6. The van der Waals surface area contributed by atoms with E-state index in [4.69, 9.17) is 16.7 Å². The van der Waals surface area contributed by atoms with Crippen LogP contribution in [-0.2, 0) is 11.2 Å². The molecule has 1 aromatic rings. The van der Waals surface area contributed by atoms with Gasteiger partial charge < -0.3 is 5.11 Å². The highest BCUT2D eigenvalue weighted by atomic mass is 35.5. The van der Waals surface area contributed by atoms with E-state index in [-0.39, 0.29) is 6.42 Å². The number of carbonyl (C=O) groups is 1. The van der Waals surface area contributed by atoms with Crippen LogP contribution in [-0.4, -0.2) is 11.1 Å². The predicted octanol–water partition coefficient (Wildman–Crippen LogP) is 5.04. The molecule has 0 atom stereocenters. The smallest absolute Gasteiger partial charge is 0.303 e. The van der Waals surface area contributed by atoms with E-state index in [2.05, 4.69) is 19.9 Å². The molecule has 3 heteroatoms. The van der Waals surface area contributed by atoms with Crippen LogP contribution >= 0.6 is 11.6 Å². The number of rotatable bonds is 4. The Morgan fingerprint density at radius 2 is 2.00 bits per heavy atom. The summed E-state index contributed by atoms with van der Waals surface area (Å²) in [5.41, 5.74) is 2.71. The molecule has 0 amide bonds. The van der Waals surface area contributed by atoms with Crippen LogP contribution in [0.2, 0.25) is 5.02 Å². The molecule has 0 radical (unpaired) electrons. The molecule has 0 bridgehead atoms. The van der Waals surface area contributed by atoms with E-state index in [0.29, 0.717) is 17.8 Å². The van der Waals surface area contributed by atoms with Crippen LogP contribution in [0.3, 0.4) is 0 Å². The standard InChI is InChI=1S/C17H23ClO2/c1-17(2)9-7-13(8-10-17)14-5-3-12(11-15(14)18)4-6-16(19)20/h3,5,11,13H,4,6-10H2,1-2H3,(H,19,20). The monoisotopic (exact) mass is 294 g/mol. The molecule has 1 aliphatic rings. The van der Waals surface area contributed by atoms with E-state index < -0.39 is 5.97 Å². The minimum absolute atomic E-state index is 0.160. The van der Waals surface area contributed by atoms with Gasteiger partial charge in [-0.25, -0.2) is 0 Å². The lowest BCUT2D eigenvalue weighted by molar-refractivity contribution is -0.136. The first-order valence-corrected chi connectivity index (χ1v) is 7.75. The van der Waals surface area contributed by atoms with Crippen LogP contribution in [0.4, 0.5) is 0 Å². The number of hydrogen-bond acceptors (Lipinski definition) is 1. The highest BCUT2D eigenvalue weighted by Crippen LogP contribution is 2.44. The Bertz CT molecular complexity index is 484. The molecule has 1 aromatic carbocycles. The lowest BCUT2D eigenvalue weighted by atomic mass is 9.71. The first-order chi connectivity index (χ1) is 9.37. The van der Waals surface area contributed by atoms with Crippen molar-refractivity contribution in [1.82, 2.24) is 0 Å². The van der Waals surface area contributed by atoms with E-state index in [1.165, 1.54) is 31.2 Å². The molecular formula is C17H23ClO2. The van der Waals surface area contributed by atoms with Crippen molar-refractivity contribution in [2.24, 2.45) is 5.41 Å². The Labute approximate surface area is 126 Å². The molecule has 0 unspecified atom stereocenters. The molecule has 2 nitrogen and oxygen atoms in total. The van der Waals surface area contributed by atoms with Gasteiger partial charge in [0.1, 0.15) is 0 Å². The fourth-order valence-electron chi connectivity index (χ4n) is 3.02. The van der Waals surface area contributed by atoms with Crippen molar-refractivity contribution in [3.63, 3.8) is 0 Å². The van der Waals surface area contributed by atoms with Crippen LogP contribution in [0.5, 0.6) is 0 Å². The second kappa shape index (κ2) is 6.17. The number of aryl methyl sites for hydroxylation is 1. The van der Waals surface area contributed by atoms with E-state index in [1.807, 2.05) is 12.1 Å². The zero-order valence-electron chi connectivity index (χ0n) is 12.3. The maximum absolute atomic E-state index is 10.6. The average molecular weight is 295 g/mol. The summed E-state index contributed by atoms with van der Waals surface area (Å²) in [6.07, 6.45) is 5.59. The lowest BCUT2D eigenvalue weighted by Gasteiger charge is -2.34. The minimum atomic E-state index is -0.764. The highest BCUT2D eigenvalue weighted by molar-refractivity contribution is 6.31. The van der Waals surface area contributed by atoms with E-state index in [0.717, 1.165) is 10.6 Å². The quantitative estimate of drug-likeness (QED) is 0.844. The zero-order valence-corrected chi connectivity index (χ0v) is 13.0. The van der Waals surface area contributed by atoms with Crippen molar-refractivity contribution in [2.45, 2.75) is 58.3 Å². The number of hydrogen-bond donors (Lipinski definition) is 1. The summed E-state index contributed by atoms with van der Waals surface area (Å²) in [6.45, 7) is 4.67. The normalized spacial score (nSPS) is 18.9. The van der Waals surface area contributed by atoms with Gasteiger partial charge in [-0.2, -0.15) is 0 Å². The maximum Gasteiger partial charge on any atom is 0.303 e. The highest BCUT2D eigenvalue weighted by Gasteiger charge is 2.28. The first-order valence-electron chi connectivity index (χ1n) is 7.37.